The van der Waals surface area contributed by atoms with Crippen LogP contribution in [0, 0.1) is 5.82 Å². The number of nitrogens with zero attached hydrogens (tertiary/aromatic N) is 2. The Morgan fingerprint density at radius 3 is 2.86 bits per heavy atom. The van der Waals surface area contributed by atoms with E-state index in [1.807, 2.05) is 13.0 Å². The molecular formula is C16H14FN3O. The van der Waals surface area contributed by atoms with Crippen molar-refractivity contribution in [3.05, 3.63) is 60.0 Å². The summed E-state index contributed by atoms with van der Waals surface area (Å²) in [6, 6.07) is 11.5. The maximum atomic E-state index is 13.9. The van der Waals surface area contributed by atoms with Gasteiger partial charge in [0.05, 0.1) is 17.4 Å². The number of aromatic amines is 1. The molecule has 1 aromatic heterocycles. The smallest absolute Gasteiger partial charge is 0.258 e. The lowest BCUT2D eigenvalue weighted by Gasteiger charge is -2.21. The number of anilines is 1. The Hall–Kier alpha value is -2.69. The van der Waals surface area contributed by atoms with Gasteiger partial charge >= 0.3 is 0 Å². The second-order valence-corrected chi connectivity index (χ2v) is 4.67. The van der Waals surface area contributed by atoms with E-state index in [9.17, 15) is 9.18 Å². The number of para-hydroxylation sites is 1. The first-order valence-electron chi connectivity index (χ1n) is 6.70. The van der Waals surface area contributed by atoms with Crippen LogP contribution in [0.5, 0.6) is 0 Å². The van der Waals surface area contributed by atoms with E-state index in [0.29, 0.717) is 12.1 Å². The highest BCUT2D eigenvalue weighted by atomic mass is 19.1. The molecule has 1 heterocycles. The SMILES string of the molecule is CCN(C(=O)c1ccc2cn[nH]c2c1)c1ccccc1F. The molecule has 5 heteroatoms. The van der Waals surface area contributed by atoms with Gasteiger partial charge in [0.25, 0.3) is 5.91 Å². The van der Waals surface area contributed by atoms with E-state index in [-0.39, 0.29) is 11.6 Å². The number of nitrogens with one attached hydrogen (secondary N) is 1. The van der Waals surface area contributed by atoms with Crippen molar-refractivity contribution in [1.29, 1.82) is 0 Å². The van der Waals surface area contributed by atoms with Gasteiger partial charge in [-0.25, -0.2) is 4.39 Å². The fourth-order valence-corrected chi connectivity index (χ4v) is 2.32. The summed E-state index contributed by atoms with van der Waals surface area (Å²) in [5.41, 5.74) is 1.57. The number of carbonyl (C=O) groups excluding carboxylic acids is 1. The number of H-pyrrole nitrogens is 1. The molecule has 106 valence electrons. The van der Waals surface area contributed by atoms with Crippen LogP contribution in [0.3, 0.4) is 0 Å². The van der Waals surface area contributed by atoms with Crippen LogP contribution in [0.25, 0.3) is 10.9 Å². The second-order valence-electron chi connectivity index (χ2n) is 4.67. The van der Waals surface area contributed by atoms with Gasteiger partial charge in [-0.1, -0.05) is 18.2 Å². The first-order valence-corrected chi connectivity index (χ1v) is 6.70. The van der Waals surface area contributed by atoms with Gasteiger partial charge < -0.3 is 4.90 Å². The fraction of sp³-hybridized carbons (Fsp3) is 0.125. The van der Waals surface area contributed by atoms with Gasteiger partial charge in [-0.15, -0.1) is 0 Å². The first kappa shape index (κ1) is 13.3. The van der Waals surface area contributed by atoms with Gasteiger partial charge in [-0.2, -0.15) is 5.10 Å². The number of halogens is 1. The number of fused-ring (bicyclic) bond motifs is 1. The molecule has 0 aliphatic heterocycles. The summed E-state index contributed by atoms with van der Waals surface area (Å²) in [6.45, 7) is 2.21. The van der Waals surface area contributed by atoms with Crippen LogP contribution >= 0.6 is 0 Å². The van der Waals surface area contributed by atoms with E-state index in [4.69, 9.17) is 0 Å². The number of amides is 1. The van der Waals surface area contributed by atoms with Crippen molar-refractivity contribution >= 4 is 22.5 Å². The molecule has 3 aromatic rings. The van der Waals surface area contributed by atoms with Crippen molar-refractivity contribution in [2.75, 3.05) is 11.4 Å². The van der Waals surface area contributed by atoms with E-state index in [2.05, 4.69) is 10.2 Å². The zero-order chi connectivity index (χ0) is 14.8. The third-order valence-corrected chi connectivity index (χ3v) is 3.39. The molecule has 1 amide bonds. The van der Waals surface area contributed by atoms with Crippen molar-refractivity contribution in [1.82, 2.24) is 10.2 Å². The molecule has 0 radical (unpaired) electrons. The highest BCUT2D eigenvalue weighted by Gasteiger charge is 2.19. The molecule has 0 saturated carbocycles. The molecule has 2 aromatic carbocycles. The van der Waals surface area contributed by atoms with Crippen LogP contribution in [-0.4, -0.2) is 22.6 Å². The normalized spacial score (nSPS) is 10.8. The molecular weight excluding hydrogens is 269 g/mol. The lowest BCUT2D eigenvalue weighted by Crippen LogP contribution is -2.31. The third kappa shape index (κ3) is 2.38. The third-order valence-electron chi connectivity index (χ3n) is 3.39. The Bertz CT molecular complexity index is 797. The summed E-state index contributed by atoms with van der Waals surface area (Å²) in [5, 5.41) is 7.69. The summed E-state index contributed by atoms with van der Waals surface area (Å²) in [5.74, 6) is -0.644. The number of benzene rings is 2. The summed E-state index contributed by atoms with van der Waals surface area (Å²) in [7, 11) is 0. The van der Waals surface area contributed by atoms with Gasteiger partial charge in [0.15, 0.2) is 0 Å². The maximum absolute atomic E-state index is 13.9. The quantitative estimate of drug-likeness (QED) is 0.801. The van der Waals surface area contributed by atoms with E-state index >= 15 is 0 Å². The van der Waals surface area contributed by atoms with Gasteiger partial charge in [0.1, 0.15) is 5.82 Å². The lowest BCUT2D eigenvalue weighted by atomic mass is 10.1. The van der Waals surface area contributed by atoms with Gasteiger partial charge in [0, 0.05) is 17.5 Å². The lowest BCUT2D eigenvalue weighted by molar-refractivity contribution is 0.0987. The molecule has 3 rings (SSSR count). The number of rotatable bonds is 3. The summed E-state index contributed by atoms with van der Waals surface area (Å²) in [4.78, 5) is 14.0. The second kappa shape index (κ2) is 5.36. The van der Waals surface area contributed by atoms with Crippen molar-refractivity contribution < 1.29 is 9.18 Å². The summed E-state index contributed by atoms with van der Waals surface area (Å²) < 4.78 is 13.9. The molecule has 4 nitrogen and oxygen atoms in total. The van der Waals surface area contributed by atoms with Crippen LogP contribution in [0.1, 0.15) is 17.3 Å². The topological polar surface area (TPSA) is 49.0 Å². The summed E-state index contributed by atoms with van der Waals surface area (Å²) in [6.07, 6.45) is 1.69. The van der Waals surface area contributed by atoms with Crippen LogP contribution in [-0.2, 0) is 0 Å². The van der Waals surface area contributed by atoms with E-state index in [0.717, 1.165) is 10.9 Å². The van der Waals surface area contributed by atoms with Crippen LogP contribution < -0.4 is 4.90 Å². The fourth-order valence-electron chi connectivity index (χ4n) is 2.32. The number of aromatic nitrogens is 2. The van der Waals surface area contributed by atoms with Gasteiger partial charge in [-0.05, 0) is 31.2 Å². The Balaban J connectivity index is 2.00. The highest BCUT2D eigenvalue weighted by Crippen LogP contribution is 2.22. The Morgan fingerprint density at radius 1 is 1.29 bits per heavy atom. The molecule has 0 bridgehead atoms. The van der Waals surface area contributed by atoms with Crippen LogP contribution in [0.4, 0.5) is 10.1 Å². The molecule has 0 unspecified atom stereocenters. The van der Waals surface area contributed by atoms with E-state index in [1.54, 1.807) is 36.5 Å². The van der Waals surface area contributed by atoms with E-state index < -0.39 is 5.82 Å². The zero-order valence-corrected chi connectivity index (χ0v) is 11.5. The molecule has 0 aliphatic rings. The minimum absolute atomic E-state index is 0.237. The molecule has 0 spiro atoms. The van der Waals surface area contributed by atoms with Crippen molar-refractivity contribution in [3.63, 3.8) is 0 Å². The Morgan fingerprint density at radius 2 is 2.10 bits per heavy atom. The number of hydrogen-bond acceptors (Lipinski definition) is 2. The molecule has 0 atom stereocenters. The number of hydrogen-bond donors (Lipinski definition) is 1. The summed E-state index contributed by atoms with van der Waals surface area (Å²) >= 11 is 0. The highest BCUT2D eigenvalue weighted by molar-refractivity contribution is 6.07. The minimum Gasteiger partial charge on any atom is -0.306 e. The monoisotopic (exact) mass is 283 g/mol. The standard InChI is InChI=1S/C16H14FN3O/c1-2-20(15-6-4-3-5-13(15)17)16(21)11-7-8-12-10-18-19-14(12)9-11/h3-10H,2H2,1H3,(H,18,19). The average Bonchev–Trinajstić information content (AvgIpc) is 2.97. The Kier molecular flexibility index (Phi) is 3.39. The molecule has 21 heavy (non-hydrogen) atoms. The minimum atomic E-state index is -0.407. The van der Waals surface area contributed by atoms with Gasteiger partial charge in [0.2, 0.25) is 0 Å². The first-order chi connectivity index (χ1) is 10.2. The molecule has 0 fully saturated rings. The maximum Gasteiger partial charge on any atom is 0.258 e. The average molecular weight is 283 g/mol. The zero-order valence-electron chi connectivity index (χ0n) is 11.5. The van der Waals surface area contributed by atoms with Crippen LogP contribution in [0.15, 0.2) is 48.7 Å². The van der Waals surface area contributed by atoms with E-state index in [1.165, 1.54) is 11.0 Å². The molecule has 0 aliphatic carbocycles. The van der Waals surface area contributed by atoms with Crippen molar-refractivity contribution in [2.45, 2.75) is 6.92 Å². The Labute approximate surface area is 121 Å². The molecule has 0 saturated heterocycles. The predicted molar refractivity (Wildman–Crippen MR) is 79.8 cm³/mol. The number of carbonyl (C=O) groups is 1. The van der Waals surface area contributed by atoms with Crippen molar-refractivity contribution in [3.8, 4) is 0 Å². The van der Waals surface area contributed by atoms with Gasteiger partial charge in [-0.3, -0.25) is 9.89 Å². The largest absolute Gasteiger partial charge is 0.306 e. The van der Waals surface area contributed by atoms with Crippen molar-refractivity contribution in [2.24, 2.45) is 0 Å². The molecule has 1 N–H and O–H groups in total. The van der Waals surface area contributed by atoms with Crippen LogP contribution in [0.2, 0.25) is 0 Å². The predicted octanol–water partition coefficient (Wildman–Crippen LogP) is 3.37.